The van der Waals surface area contributed by atoms with Gasteiger partial charge >= 0.3 is 0 Å². The van der Waals surface area contributed by atoms with Gasteiger partial charge in [-0.05, 0) is 17.4 Å². The third-order valence-corrected chi connectivity index (χ3v) is 3.58. The number of benzene rings is 1. The zero-order valence-corrected chi connectivity index (χ0v) is 12.7. The van der Waals surface area contributed by atoms with Gasteiger partial charge in [0.15, 0.2) is 0 Å². The second-order valence-corrected chi connectivity index (χ2v) is 7.51. The standard InChI is InChI=1S/C15H25NOS/c1-15(2,3)12-14(16-10-11-18(4)17)13-8-6-5-7-9-13/h5-9,14,16H,10-12H2,1-4H3. The molecule has 18 heavy (non-hydrogen) atoms. The van der Waals surface area contributed by atoms with E-state index in [2.05, 4.69) is 50.4 Å². The van der Waals surface area contributed by atoms with Crippen molar-refractivity contribution in [3.8, 4) is 0 Å². The third-order valence-electron chi connectivity index (χ3n) is 2.80. The second kappa shape index (κ2) is 7.05. The van der Waals surface area contributed by atoms with Crippen LogP contribution in [0.1, 0.15) is 38.8 Å². The maximum atomic E-state index is 11.1. The van der Waals surface area contributed by atoms with Crippen molar-refractivity contribution in [1.82, 2.24) is 5.32 Å². The molecule has 2 unspecified atom stereocenters. The molecular formula is C15H25NOS. The summed E-state index contributed by atoms with van der Waals surface area (Å²) in [5.74, 6) is 0.716. The maximum absolute atomic E-state index is 11.1. The minimum Gasteiger partial charge on any atom is -0.309 e. The van der Waals surface area contributed by atoms with Crippen molar-refractivity contribution in [1.29, 1.82) is 0 Å². The van der Waals surface area contributed by atoms with Gasteiger partial charge in [-0.3, -0.25) is 4.21 Å². The fraction of sp³-hybridized carbons (Fsp3) is 0.600. The van der Waals surface area contributed by atoms with Crippen LogP contribution in [-0.2, 0) is 10.8 Å². The van der Waals surface area contributed by atoms with Crippen LogP contribution in [0.2, 0.25) is 0 Å². The third kappa shape index (κ3) is 6.31. The van der Waals surface area contributed by atoms with Crippen molar-refractivity contribution in [2.45, 2.75) is 33.2 Å². The molecule has 1 aromatic rings. The SMILES string of the molecule is CS(=O)CCNC(CC(C)(C)C)c1ccccc1. The van der Waals surface area contributed by atoms with E-state index >= 15 is 0 Å². The van der Waals surface area contributed by atoms with E-state index in [1.165, 1.54) is 5.56 Å². The van der Waals surface area contributed by atoms with Crippen LogP contribution < -0.4 is 5.32 Å². The van der Waals surface area contributed by atoms with Gasteiger partial charge in [-0.25, -0.2) is 0 Å². The summed E-state index contributed by atoms with van der Waals surface area (Å²) in [5, 5.41) is 3.53. The lowest BCUT2D eigenvalue weighted by atomic mass is 9.85. The molecule has 0 aromatic heterocycles. The molecule has 0 saturated heterocycles. The van der Waals surface area contributed by atoms with Crippen LogP contribution in [0.25, 0.3) is 0 Å². The summed E-state index contributed by atoms with van der Waals surface area (Å²) in [6.07, 6.45) is 2.83. The summed E-state index contributed by atoms with van der Waals surface area (Å²) in [4.78, 5) is 0. The number of nitrogens with one attached hydrogen (secondary N) is 1. The fourth-order valence-corrected chi connectivity index (χ4v) is 2.39. The highest BCUT2D eigenvalue weighted by atomic mass is 32.2. The molecule has 0 fully saturated rings. The van der Waals surface area contributed by atoms with Crippen molar-refractivity contribution in [2.24, 2.45) is 5.41 Å². The minimum atomic E-state index is -0.724. The summed E-state index contributed by atoms with van der Waals surface area (Å²) in [5.41, 5.74) is 1.59. The maximum Gasteiger partial charge on any atom is 0.0357 e. The zero-order valence-electron chi connectivity index (χ0n) is 11.9. The van der Waals surface area contributed by atoms with Crippen molar-refractivity contribution in [2.75, 3.05) is 18.6 Å². The molecule has 0 aliphatic heterocycles. The van der Waals surface area contributed by atoms with Gasteiger partial charge in [0.2, 0.25) is 0 Å². The Hall–Kier alpha value is -0.670. The van der Waals surface area contributed by atoms with Gasteiger partial charge in [0.1, 0.15) is 0 Å². The molecule has 0 heterocycles. The lowest BCUT2D eigenvalue weighted by molar-refractivity contribution is 0.314. The van der Waals surface area contributed by atoms with Gasteiger partial charge < -0.3 is 5.32 Å². The summed E-state index contributed by atoms with van der Waals surface area (Å²) in [7, 11) is -0.724. The van der Waals surface area contributed by atoms with Crippen LogP contribution in [0.5, 0.6) is 0 Å². The summed E-state index contributed by atoms with van der Waals surface area (Å²) >= 11 is 0. The van der Waals surface area contributed by atoms with Gasteiger partial charge in [-0.2, -0.15) is 0 Å². The summed E-state index contributed by atoms with van der Waals surface area (Å²) in [6.45, 7) is 7.56. The monoisotopic (exact) mass is 267 g/mol. The Balaban J connectivity index is 2.67. The summed E-state index contributed by atoms with van der Waals surface area (Å²) < 4.78 is 11.1. The molecule has 0 radical (unpaired) electrons. The first kappa shape index (κ1) is 15.4. The quantitative estimate of drug-likeness (QED) is 0.858. The largest absolute Gasteiger partial charge is 0.309 e. The highest BCUT2D eigenvalue weighted by Gasteiger charge is 2.19. The predicted octanol–water partition coefficient (Wildman–Crippen LogP) is 3.13. The van der Waals surface area contributed by atoms with Crippen LogP contribution in [-0.4, -0.2) is 22.8 Å². The Bertz CT molecular complexity index is 370. The van der Waals surface area contributed by atoms with Crippen LogP contribution >= 0.6 is 0 Å². The van der Waals surface area contributed by atoms with Gasteiger partial charge in [0.05, 0.1) is 0 Å². The van der Waals surface area contributed by atoms with Crippen LogP contribution in [0.4, 0.5) is 0 Å². The summed E-state index contributed by atoms with van der Waals surface area (Å²) in [6, 6.07) is 10.8. The molecule has 102 valence electrons. The Morgan fingerprint density at radius 1 is 1.22 bits per heavy atom. The van der Waals surface area contributed by atoms with E-state index in [0.717, 1.165) is 13.0 Å². The van der Waals surface area contributed by atoms with E-state index in [1.54, 1.807) is 6.26 Å². The molecule has 1 N–H and O–H groups in total. The topological polar surface area (TPSA) is 29.1 Å². The average molecular weight is 267 g/mol. The van der Waals surface area contributed by atoms with Gasteiger partial charge in [0, 0.05) is 35.4 Å². The van der Waals surface area contributed by atoms with E-state index in [1.807, 2.05) is 6.07 Å². The van der Waals surface area contributed by atoms with Crippen LogP contribution in [0, 0.1) is 5.41 Å². The molecule has 0 aliphatic carbocycles. The predicted molar refractivity (Wildman–Crippen MR) is 80.2 cm³/mol. The molecule has 0 bridgehead atoms. The van der Waals surface area contributed by atoms with Crippen molar-refractivity contribution in [3.63, 3.8) is 0 Å². The van der Waals surface area contributed by atoms with Crippen molar-refractivity contribution in [3.05, 3.63) is 35.9 Å². The van der Waals surface area contributed by atoms with Crippen LogP contribution in [0.15, 0.2) is 30.3 Å². The highest BCUT2D eigenvalue weighted by molar-refractivity contribution is 7.84. The molecule has 0 amide bonds. The molecule has 3 heteroatoms. The molecular weight excluding hydrogens is 242 g/mol. The normalized spacial score (nSPS) is 15.3. The second-order valence-electron chi connectivity index (χ2n) is 5.96. The van der Waals surface area contributed by atoms with E-state index in [9.17, 15) is 4.21 Å². The van der Waals surface area contributed by atoms with Gasteiger partial charge in [-0.1, -0.05) is 51.1 Å². The van der Waals surface area contributed by atoms with Gasteiger partial charge in [-0.15, -0.1) is 0 Å². The van der Waals surface area contributed by atoms with Crippen molar-refractivity contribution < 1.29 is 4.21 Å². The minimum absolute atomic E-state index is 0.277. The van der Waals surface area contributed by atoms with Gasteiger partial charge in [0.25, 0.3) is 0 Å². The highest BCUT2D eigenvalue weighted by Crippen LogP contribution is 2.29. The Labute approximate surface area is 114 Å². The lowest BCUT2D eigenvalue weighted by Crippen LogP contribution is -2.28. The molecule has 2 atom stereocenters. The molecule has 0 saturated carbocycles. The molecule has 0 aliphatic rings. The smallest absolute Gasteiger partial charge is 0.0357 e. The Morgan fingerprint density at radius 2 is 1.83 bits per heavy atom. The molecule has 2 nitrogen and oxygen atoms in total. The van der Waals surface area contributed by atoms with Crippen LogP contribution in [0.3, 0.4) is 0 Å². The number of hydrogen-bond acceptors (Lipinski definition) is 2. The Morgan fingerprint density at radius 3 is 2.33 bits per heavy atom. The first-order valence-corrected chi connectivity index (χ1v) is 8.19. The lowest BCUT2D eigenvalue weighted by Gasteiger charge is -2.27. The Kier molecular flexibility index (Phi) is 6.03. The molecule has 1 aromatic carbocycles. The first-order valence-electron chi connectivity index (χ1n) is 6.47. The van der Waals surface area contributed by atoms with Crippen molar-refractivity contribution >= 4 is 10.8 Å². The average Bonchev–Trinajstić information content (AvgIpc) is 2.27. The number of rotatable bonds is 6. The number of hydrogen-bond donors (Lipinski definition) is 1. The molecule has 1 rings (SSSR count). The first-order chi connectivity index (χ1) is 8.38. The van der Waals surface area contributed by atoms with E-state index in [-0.39, 0.29) is 5.41 Å². The van der Waals surface area contributed by atoms with E-state index < -0.39 is 10.8 Å². The zero-order chi connectivity index (χ0) is 13.6. The van der Waals surface area contributed by atoms with E-state index in [0.29, 0.717) is 11.8 Å². The van der Waals surface area contributed by atoms with E-state index in [4.69, 9.17) is 0 Å². The fourth-order valence-electron chi connectivity index (χ4n) is 1.98. The molecule has 0 spiro atoms.